The van der Waals surface area contributed by atoms with Gasteiger partial charge in [0.25, 0.3) is 0 Å². The van der Waals surface area contributed by atoms with Crippen LogP contribution < -0.4 is 11.5 Å². The molecule has 0 saturated carbocycles. The fraction of sp³-hybridized carbons (Fsp3) is 0.400. The zero-order valence-electron chi connectivity index (χ0n) is 14.2. The van der Waals surface area contributed by atoms with Crippen LogP contribution in [0.3, 0.4) is 0 Å². The molecular weight excluding hydrogens is 268 g/mol. The highest BCUT2D eigenvalue weighted by molar-refractivity contribution is 4.99. The van der Waals surface area contributed by atoms with E-state index in [-0.39, 0.29) is 7.43 Å². The Morgan fingerprint density at radius 1 is 0.455 bits per heavy atom. The standard InChI is InChI=1S/2C6H6.C5H12.2CH5N.CH4/c2*1-2-4-6-5-3-1;1-3-5-4-2;2*1-2;/h2*1-6H;3-5H2,1-2H3;2*2H2,1H3;1H4. The van der Waals surface area contributed by atoms with Gasteiger partial charge >= 0.3 is 0 Å². The molecule has 2 nitrogen and oxygen atoms in total. The van der Waals surface area contributed by atoms with Gasteiger partial charge in [-0.3, -0.25) is 0 Å². The van der Waals surface area contributed by atoms with Gasteiger partial charge in [0.2, 0.25) is 0 Å². The Morgan fingerprint density at radius 2 is 0.591 bits per heavy atom. The Hall–Kier alpha value is -1.64. The van der Waals surface area contributed by atoms with Crippen molar-refractivity contribution in [3.05, 3.63) is 72.8 Å². The Bertz CT molecular complexity index is 222. The zero-order valence-corrected chi connectivity index (χ0v) is 14.2. The van der Waals surface area contributed by atoms with Gasteiger partial charge in [0.05, 0.1) is 0 Å². The number of unbranched alkanes of at least 4 members (excludes halogenated alkanes) is 2. The van der Waals surface area contributed by atoms with Crippen LogP contribution in [0.15, 0.2) is 72.8 Å². The van der Waals surface area contributed by atoms with Gasteiger partial charge < -0.3 is 11.5 Å². The van der Waals surface area contributed by atoms with E-state index in [1.807, 2.05) is 72.8 Å². The van der Waals surface area contributed by atoms with Crippen LogP contribution >= 0.6 is 0 Å². The van der Waals surface area contributed by atoms with Gasteiger partial charge in [-0.15, -0.1) is 0 Å². The van der Waals surface area contributed by atoms with E-state index in [4.69, 9.17) is 0 Å². The molecule has 4 N–H and O–H groups in total. The summed E-state index contributed by atoms with van der Waals surface area (Å²) in [5.74, 6) is 0. The van der Waals surface area contributed by atoms with E-state index >= 15 is 0 Å². The van der Waals surface area contributed by atoms with E-state index in [0.29, 0.717) is 0 Å². The Kier molecular flexibility index (Phi) is 47.4. The molecule has 2 aromatic rings. The summed E-state index contributed by atoms with van der Waals surface area (Å²) in [6, 6.07) is 24.0. The lowest BCUT2D eigenvalue weighted by Crippen LogP contribution is -1.69. The van der Waals surface area contributed by atoms with Gasteiger partial charge in [-0.25, -0.2) is 0 Å². The summed E-state index contributed by atoms with van der Waals surface area (Å²) in [6.45, 7) is 4.42. The molecule has 2 rings (SSSR count). The van der Waals surface area contributed by atoms with Crippen LogP contribution in [0.25, 0.3) is 0 Å². The van der Waals surface area contributed by atoms with Crippen molar-refractivity contribution in [1.29, 1.82) is 0 Å². The molecule has 0 bridgehead atoms. The van der Waals surface area contributed by atoms with Crippen molar-refractivity contribution in [2.75, 3.05) is 14.1 Å². The molecule has 0 aliphatic rings. The monoisotopic (exact) mass is 306 g/mol. The molecule has 0 atom stereocenters. The molecule has 0 aliphatic carbocycles. The zero-order chi connectivity index (χ0) is 16.6. The maximum atomic E-state index is 4.50. The SMILES string of the molecule is C.CCCCC.CN.CN.c1ccccc1.c1ccccc1. The van der Waals surface area contributed by atoms with Gasteiger partial charge in [-0.05, 0) is 14.1 Å². The van der Waals surface area contributed by atoms with Crippen molar-refractivity contribution in [1.82, 2.24) is 0 Å². The number of hydrogen-bond acceptors (Lipinski definition) is 2. The lowest BCUT2D eigenvalue weighted by Gasteiger charge is -1.79. The van der Waals surface area contributed by atoms with Gasteiger partial charge in [0.15, 0.2) is 0 Å². The fourth-order valence-corrected chi connectivity index (χ4v) is 1.12. The molecule has 0 fully saturated rings. The van der Waals surface area contributed by atoms with Crippen LogP contribution in [-0.2, 0) is 0 Å². The maximum Gasteiger partial charge on any atom is -0.0195 e. The Balaban J connectivity index is -0.0000000977. The Morgan fingerprint density at radius 3 is 0.636 bits per heavy atom. The molecule has 0 radical (unpaired) electrons. The second-order valence-electron chi connectivity index (χ2n) is 3.66. The van der Waals surface area contributed by atoms with Crippen molar-refractivity contribution in [2.45, 2.75) is 40.5 Å². The van der Waals surface area contributed by atoms with Crippen LogP contribution in [0.1, 0.15) is 40.5 Å². The minimum atomic E-state index is 0. The van der Waals surface area contributed by atoms with Crippen molar-refractivity contribution in [3.63, 3.8) is 0 Å². The van der Waals surface area contributed by atoms with Gasteiger partial charge in [0, 0.05) is 0 Å². The highest BCUT2D eigenvalue weighted by Crippen LogP contribution is 1.88. The topological polar surface area (TPSA) is 52.0 Å². The van der Waals surface area contributed by atoms with Crippen LogP contribution in [-0.4, -0.2) is 14.1 Å². The summed E-state index contributed by atoms with van der Waals surface area (Å²) in [7, 11) is 3.00. The van der Waals surface area contributed by atoms with E-state index in [2.05, 4.69) is 25.3 Å². The summed E-state index contributed by atoms with van der Waals surface area (Å²) in [5.41, 5.74) is 9.00. The van der Waals surface area contributed by atoms with Crippen molar-refractivity contribution in [3.8, 4) is 0 Å². The molecule has 128 valence electrons. The largest absolute Gasteiger partial charge is 0.333 e. The van der Waals surface area contributed by atoms with E-state index in [9.17, 15) is 0 Å². The van der Waals surface area contributed by atoms with E-state index < -0.39 is 0 Å². The van der Waals surface area contributed by atoms with Crippen molar-refractivity contribution < 1.29 is 0 Å². The second-order valence-corrected chi connectivity index (χ2v) is 3.66. The highest BCUT2D eigenvalue weighted by Gasteiger charge is 1.68. The normalized spacial score (nSPS) is 6.82. The fourth-order valence-electron chi connectivity index (χ4n) is 1.12. The third-order valence-electron chi connectivity index (χ3n) is 2.04. The summed E-state index contributed by atoms with van der Waals surface area (Å²) < 4.78 is 0. The summed E-state index contributed by atoms with van der Waals surface area (Å²) in [4.78, 5) is 0. The van der Waals surface area contributed by atoms with Gasteiger partial charge in [-0.1, -0.05) is 113 Å². The predicted octanol–water partition coefficient (Wildman–Crippen LogP) is 5.36. The number of hydrogen-bond donors (Lipinski definition) is 2. The average Bonchev–Trinajstić information content (AvgIpc) is 2.63. The smallest absolute Gasteiger partial charge is 0.0195 e. The molecule has 0 heterocycles. The first-order valence-electron chi connectivity index (χ1n) is 7.57. The molecular formula is C20H38N2. The molecule has 0 aromatic heterocycles. The molecule has 0 spiro atoms. The van der Waals surface area contributed by atoms with E-state index in [1.54, 1.807) is 0 Å². The number of benzene rings is 2. The minimum absolute atomic E-state index is 0. The molecule has 22 heavy (non-hydrogen) atoms. The molecule has 2 heteroatoms. The van der Waals surface area contributed by atoms with Crippen molar-refractivity contribution >= 4 is 0 Å². The molecule has 0 unspecified atom stereocenters. The van der Waals surface area contributed by atoms with Gasteiger partial charge in [-0.2, -0.15) is 0 Å². The second kappa shape index (κ2) is 36.6. The van der Waals surface area contributed by atoms with Crippen LogP contribution in [0.4, 0.5) is 0 Å². The van der Waals surface area contributed by atoms with E-state index in [0.717, 1.165) is 0 Å². The third kappa shape index (κ3) is 36.2. The first-order chi connectivity index (χ1) is 10.4. The van der Waals surface area contributed by atoms with Crippen molar-refractivity contribution in [2.24, 2.45) is 11.5 Å². The first-order valence-corrected chi connectivity index (χ1v) is 7.57. The van der Waals surface area contributed by atoms with Crippen LogP contribution in [0.5, 0.6) is 0 Å². The first kappa shape index (κ1) is 28.5. The molecule has 2 aromatic carbocycles. The summed E-state index contributed by atoms with van der Waals surface area (Å²) in [5, 5.41) is 0. The third-order valence-corrected chi connectivity index (χ3v) is 2.04. The minimum Gasteiger partial charge on any atom is -0.333 e. The molecule has 0 aliphatic heterocycles. The Labute approximate surface area is 139 Å². The summed E-state index contributed by atoms with van der Waals surface area (Å²) >= 11 is 0. The van der Waals surface area contributed by atoms with E-state index in [1.165, 1.54) is 33.4 Å². The number of rotatable bonds is 2. The van der Waals surface area contributed by atoms with Crippen LogP contribution in [0, 0.1) is 0 Å². The summed E-state index contributed by atoms with van der Waals surface area (Å²) in [6.07, 6.45) is 4.08. The van der Waals surface area contributed by atoms with Crippen LogP contribution in [0.2, 0.25) is 0 Å². The predicted molar refractivity (Wildman–Crippen MR) is 105 cm³/mol. The molecule has 0 saturated heterocycles. The maximum absolute atomic E-state index is 4.50. The molecule has 0 amide bonds. The average molecular weight is 307 g/mol. The van der Waals surface area contributed by atoms with Gasteiger partial charge in [0.1, 0.15) is 0 Å². The quantitative estimate of drug-likeness (QED) is 0.785. The lowest BCUT2D eigenvalue weighted by atomic mass is 10.3. The highest BCUT2D eigenvalue weighted by atomic mass is 14.4. The lowest BCUT2D eigenvalue weighted by molar-refractivity contribution is 0.772. The number of nitrogens with two attached hydrogens (primary N) is 2.